The third-order valence-electron chi connectivity index (χ3n) is 1.99. The van der Waals surface area contributed by atoms with Crippen molar-refractivity contribution in [3.05, 3.63) is 30.1 Å². The Morgan fingerprint density at radius 3 is 2.69 bits per heavy atom. The van der Waals surface area contributed by atoms with Gasteiger partial charge in [-0.15, -0.1) is 0 Å². The van der Waals surface area contributed by atoms with E-state index in [9.17, 15) is 0 Å². The summed E-state index contributed by atoms with van der Waals surface area (Å²) in [7, 11) is 1.89. The number of aromatic nitrogens is 2. The molecule has 0 fully saturated rings. The van der Waals surface area contributed by atoms with Crippen LogP contribution in [0.5, 0.6) is 0 Å². The Bertz CT molecular complexity index is 437. The second-order valence-electron chi connectivity index (χ2n) is 2.99. The molecular formula is C10H11N3. The minimum absolute atomic E-state index is 0.926. The summed E-state index contributed by atoms with van der Waals surface area (Å²) in [5.41, 5.74) is 4.09. The van der Waals surface area contributed by atoms with Crippen LogP contribution in [0.2, 0.25) is 0 Å². The average Bonchev–Trinajstić information content (AvgIpc) is 2.16. The molecule has 0 unspecified atom stereocenters. The predicted octanol–water partition coefficient (Wildman–Crippen LogP) is 1.98. The first kappa shape index (κ1) is 7.98. The lowest BCUT2D eigenvalue weighted by Gasteiger charge is -2.05. The molecule has 3 heteroatoms. The maximum Gasteiger partial charge on any atom is 0.112 e. The first-order valence-corrected chi connectivity index (χ1v) is 4.20. The Balaban J connectivity index is 2.81. The highest BCUT2D eigenvalue weighted by Crippen LogP contribution is 2.20. The largest absolute Gasteiger partial charge is 0.386 e. The molecule has 0 amide bonds. The van der Waals surface area contributed by atoms with Crippen molar-refractivity contribution in [2.24, 2.45) is 0 Å². The maximum absolute atomic E-state index is 4.27. The summed E-state index contributed by atoms with van der Waals surface area (Å²) in [5, 5.41) is 3.11. The molecule has 1 N–H and O–H groups in total. The number of fused-ring (bicyclic) bond motifs is 1. The molecule has 0 spiro atoms. The van der Waals surface area contributed by atoms with Crippen LogP contribution in [0.4, 0.5) is 5.69 Å². The van der Waals surface area contributed by atoms with Gasteiger partial charge in [-0.3, -0.25) is 9.97 Å². The lowest BCUT2D eigenvalue weighted by molar-refractivity contribution is 1.28. The molecular weight excluding hydrogens is 162 g/mol. The fourth-order valence-electron chi connectivity index (χ4n) is 1.41. The molecule has 2 aromatic rings. The topological polar surface area (TPSA) is 37.8 Å². The second kappa shape index (κ2) is 3.01. The molecule has 3 nitrogen and oxygen atoms in total. The second-order valence-corrected chi connectivity index (χ2v) is 2.99. The predicted molar refractivity (Wildman–Crippen MR) is 53.8 cm³/mol. The zero-order chi connectivity index (χ0) is 9.26. The van der Waals surface area contributed by atoms with E-state index in [1.807, 2.05) is 13.1 Å². The molecule has 1 aromatic carbocycles. The van der Waals surface area contributed by atoms with Crippen LogP contribution in [-0.2, 0) is 0 Å². The molecule has 0 aliphatic heterocycles. The highest BCUT2D eigenvalue weighted by molar-refractivity contribution is 5.88. The average molecular weight is 173 g/mol. The van der Waals surface area contributed by atoms with Crippen LogP contribution in [0.15, 0.2) is 24.5 Å². The van der Waals surface area contributed by atoms with Gasteiger partial charge in [-0.05, 0) is 24.6 Å². The molecule has 0 radical (unpaired) electrons. The van der Waals surface area contributed by atoms with E-state index < -0.39 is 0 Å². The van der Waals surface area contributed by atoms with Crippen molar-refractivity contribution in [3.63, 3.8) is 0 Å². The smallest absolute Gasteiger partial charge is 0.112 e. The van der Waals surface area contributed by atoms with Gasteiger partial charge in [0.05, 0.1) is 11.2 Å². The monoisotopic (exact) mass is 173 g/mol. The van der Waals surface area contributed by atoms with Gasteiger partial charge in [-0.25, -0.2) is 0 Å². The first-order chi connectivity index (χ1) is 6.31. The van der Waals surface area contributed by atoms with Crippen molar-refractivity contribution in [1.29, 1.82) is 0 Å². The number of nitrogens with one attached hydrogen (secondary N) is 1. The van der Waals surface area contributed by atoms with E-state index in [0.717, 1.165) is 16.7 Å². The Labute approximate surface area is 76.8 Å². The van der Waals surface area contributed by atoms with Gasteiger partial charge in [-0.2, -0.15) is 0 Å². The first-order valence-electron chi connectivity index (χ1n) is 4.20. The van der Waals surface area contributed by atoms with Gasteiger partial charge in [0, 0.05) is 19.4 Å². The molecule has 0 saturated carbocycles. The SMILES string of the molecule is CNc1cc(C)cc2nccnc12. The summed E-state index contributed by atoms with van der Waals surface area (Å²) < 4.78 is 0. The molecule has 1 aromatic heterocycles. The van der Waals surface area contributed by atoms with E-state index in [-0.39, 0.29) is 0 Å². The molecule has 0 bridgehead atoms. The molecule has 0 aliphatic carbocycles. The van der Waals surface area contributed by atoms with E-state index >= 15 is 0 Å². The summed E-state index contributed by atoms with van der Waals surface area (Å²) >= 11 is 0. The third kappa shape index (κ3) is 1.33. The van der Waals surface area contributed by atoms with Gasteiger partial charge < -0.3 is 5.32 Å². The molecule has 1 heterocycles. The normalized spacial score (nSPS) is 10.3. The highest BCUT2D eigenvalue weighted by Gasteiger charge is 2.01. The molecule has 13 heavy (non-hydrogen) atoms. The van der Waals surface area contributed by atoms with Gasteiger partial charge >= 0.3 is 0 Å². The lowest BCUT2D eigenvalue weighted by atomic mass is 10.2. The van der Waals surface area contributed by atoms with Crippen molar-refractivity contribution in [1.82, 2.24) is 9.97 Å². The van der Waals surface area contributed by atoms with E-state index in [2.05, 4.69) is 28.3 Å². The molecule has 0 atom stereocenters. The van der Waals surface area contributed by atoms with Crippen LogP contribution in [-0.4, -0.2) is 17.0 Å². The number of benzene rings is 1. The van der Waals surface area contributed by atoms with Crippen molar-refractivity contribution in [2.45, 2.75) is 6.92 Å². The minimum Gasteiger partial charge on any atom is -0.386 e. The van der Waals surface area contributed by atoms with Crippen molar-refractivity contribution in [2.75, 3.05) is 12.4 Å². The van der Waals surface area contributed by atoms with E-state index in [4.69, 9.17) is 0 Å². The molecule has 0 saturated heterocycles. The molecule has 66 valence electrons. The van der Waals surface area contributed by atoms with Crippen molar-refractivity contribution < 1.29 is 0 Å². The number of hydrogen-bond acceptors (Lipinski definition) is 3. The zero-order valence-corrected chi connectivity index (χ0v) is 7.70. The Morgan fingerprint density at radius 2 is 1.92 bits per heavy atom. The number of nitrogens with zero attached hydrogens (tertiary/aromatic N) is 2. The van der Waals surface area contributed by atoms with Crippen molar-refractivity contribution in [3.8, 4) is 0 Å². The van der Waals surface area contributed by atoms with Gasteiger partial charge in [-0.1, -0.05) is 0 Å². The Kier molecular flexibility index (Phi) is 1.85. The van der Waals surface area contributed by atoms with Gasteiger partial charge in [0.1, 0.15) is 5.52 Å². The van der Waals surface area contributed by atoms with Gasteiger partial charge in [0.15, 0.2) is 0 Å². The van der Waals surface area contributed by atoms with Crippen LogP contribution < -0.4 is 5.32 Å². The zero-order valence-electron chi connectivity index (χ0n) is 7.70. The summed E-state index contributed by atoms with van der Waals surface area (Å²) in [5.74, 6) is 0. The third-order valence-corrected chi connectivity index (χ3v) is 1.99. The van der Waals surface area contributed by atoms with Crippen molar-refractivity contribution >= 4 is 16.7 Å². The fourth-order valence-corrected chi connectivity index (χ4v) is 1.41. The van der Waals surface area contributed by atoms with Gasteiger partial charge in [0.25, 0.3) is 0 Å². The fraction of sp³-hybridized carbons (Fsp3) is 0.200. The summed E-state index contributed by atoms with van der Waals surface area (Å²) in [4.78, 5) is 8.52. The van der Waals surface area contributed by atoms with Crippen LogP contribution >= 0.6 is 0 Å². The van der Waals surface area contributed by atoms with E-state index in [0.29, 0.717) is 0 Å². The summed E-state index contributed by atoms with van der Waals surface area (Å²) in [6, 6.07) is 4.10. The number of aryl methyl sites for hydroxylation is 1. The van der Waals surface area contributed by atoms with Crippen LogP contribution in [0.1, 0.15) is 5.56 Å². The summed E-state index contributed by atoms with van der Waals surface area (Å²) in [6.07, 6.45) is 3.42. The number of hydrogen-bond donors (Lipinski definition) is 1. The van der Waals surface area contributed by atoms with Gasteiger partial charge in [0.2, 0.25) is 0 Å². The highest BCUT2D eigenvalue weighted by atomic mass is 14.9. The standard InChI is InChI=1S/C10H11N3/c1-7-5-8(11-2)10-9(6-7)12-3-4-13-10/h3-6,11H,1-2H3. The molecule has 0 aliphatic rings. The number of rotatable bonds is 1. The Morgan fingerprint density at radius 1 is 1.15 bits per heavy atom. The lowest BCUT2D eigenvalue weighted by Crippen LogP contribution is -1.93. The van der Waals surface area contributed by atoms with Crippen LogP contribution in [0.25, 0.3) is 11.0 Å². The Hall–Kier alpha value is -1.64. The quantitative estimate of drug-likeness (QED) is 0.716. The molecule has 2 rings (SSSR count). The maximum atomic E-state index is 4.27. The van der Waals surface area contributed by atoms with Crippen LogP contribution in [0, 0.1) is 6.92 Å². The van der Waals surface area contributed by atoms with E-state index in [1.54, 1.807) is 12.4 Å². The summed E-state index contributed by atoms with van der Waals surface area (Å²) in [6.45, 7) is 2.05. The van der Waals surface area contributed by atoms with Crippen LogP contribution in [0.3, 0.4) is 0 Å². The van der Waals surface area contributed by atoms with E-state index in [1.165, 1.54) is 5.56 Å². The minimum atomic E-state index is 0.926. The number of anilines is 1.